The molecular formula is C10H14Cl2. The molecule has 68 valence electrons. The van der Waals surface area contributed by atoms with Crippen molar-refractivity contribution in [3.05, 3.63) is 35.5 Å². The van der Waals surface area contributed by atoms with E-state index < -0.39 is 0 Å². The van der Waals surface area contributed by atoms with E-state index in [1.54, 1.807) is 0 Å². The molecule has 0 N–H and O–H groups in total. The van der Waals surface area contributed by atoms with Crippen molar-refractivity contribution in [3.8, 4) is 0 Å². The maximum absolute atomic E-state index is 5.58. The minimum Gasteiger partial charge on any atom is -0.122 e. The highest BCUT2D eigenvalue weighted by molar-refractivity contribution is 6.19. The van der Waals surface area contributed by atoms with Gasteiger partial charge in [-0.2, -0.15) is 0 Å². The van der Waals surface area contributed by atoms with Gasteiger partial charge in [0.25, 0.3) is 0 Å². The van der Waals surface area contributed by atoms with E-state index in [9.17, 15) is 0 Å². The SMILES string of the molecule is C/C(=C/C=C/C=C(\C)CCl)CCl. The quantitative estimate of drug-likeness (QED) is 0.482. The highest BCUT2D eigenvalue weighted by Crippen LogP contribution is 1.98. The van der Waals surface area contributed by atoms with Crippen LogP contribution in [-0.4, -0.2) is 11.8 Å². The summed E-state index contributed by atoms with van der Waals surface area (Å²) >= 11 is 11.2. The van der Waals surface area contributed by atoms with Gasteiger partial charge >= 0.3 is 0 Å². The molecular weight excluding hydrogens is 191 g/mol. The molecule has 0 heterocycles. The number of halogens is 2. The smallest absolute Gasteiger partial charge is 0.0433 e. The highest BCUT2D eigenvalue weighted by atomic mass is 35.5. The predicted octanol–water partition coefficient (Wildman–Crippen LogP) is 3.91. The number of hydrogen-bond acceptors (Lipinski definition) is 0. The summed E-state index contributed by atoms with van der Waals surface area (Å²) in [6, 6.07) is 0. The molecule has 2 heteroatoms. The third-order valence-electron chi connectivity index (χ3n) is 1.29. The summed E-state index contributed by atoms with van der Waals surface area (Å²) in [5, 5.41) is 0. The van der Waals surface area contributed by atoms with E-state index in [1.165, 1.54) is 0 Å². The molecule has 0 aromatic carbocycles. The second-order valence-electron chi connectivity index (χ2n) is 2.68. The highest BCUT2D eigenvalue weighted by Gasteiger charge is 1.81. The van der Waals surface area contributed by atoms with Crippen LogP contribution in [0.5, 0.6) is 0 Å². The van der Waals surface area contributed by atoms with E-state index in [0.717, 1.165) is 11.1 Å². The molecule has 0 saturated carbocycles. The lowest BCUT2D eigenvalue weighted by molar-refractivity contribution is 1.39. The molecule has 0 bridgehead atoms. The molecule has 0 spiro atoms. The van der Waals surface area contributed by atoms with Crippen LogP contribution in [0, 0.1) is 0 Å². The molecule has 0 aliphatic rings. The fourth-order valence-corrected chi connectivity index (χ4v) is 0.707. The monoisotopic (exact) mass is 204 g/mol. The molecule has 0 aromatic rings. The summed E-state index contributed by atoms with van der Waals surface area (Å²) in [6.07, 6.45) is 7.91. The number of allylic oxidation sites excluding steroid dienone is 6. The van der Waals surface area contributed by atoms with Crippen LogP contribution in [0.3, 0.4) is 0 Å². The van der Waals surface area contributed by atoms with Gasteiger partial charge in [0.05, 0.1) is 0 Å². The zero-order valence-electron chi connectivity index (χ0n) is 7.48. The Hall–Kier alpha value is -0.200. The van der Waals surface area contributed by atoms with Gasteiger partial charge in [0, 0.05) is 11.8 Å². The van der Waals surface area contributed by atoms with Crippen molar-refractivity contribution in [1.29, 1.82) is 0 Å². The third kappa shape index (κ3) is 6.51. The van der Waals surface area contributed by atoms with Gasteiger partial charge in [0.15, 0.2) is 0 Å². The molecule has 12 heavy (non-hydrogen) atoms. The van der Waals surface area contributed by atoms with Gasteiger partial charge in [-0.05, 0) is 13.8 Å². The van der Waals surface area contributed by atoms with E-state index in [1.807, 2.05) is 38.2 Å². The van der Waals surface area contributed by atoms with Crippen LogP contribution >= 0.6 is 23.2 Å². The summed E-state index contributed by atoms with van der Waals surface area (Å²) in [4.78, 5) is 0. The molecule has 0 nitrogen and oxygen atoms in total. The van der Waals surface area contributed by atoms with E-state index in [-0.39, 0.29) is 0 Å². The van der Waals surface area contributed by atoms with E-state index in [0.29, 0.717) is 11.8 Å². The zero-order valence-corrected chi connectivity index (χ0v) is 8.99. The number of hydrogen-bond donors (Lipinski definition) is 0. The molecule has 0 aliphatic heterocycles. The molecule has 0 fully saturated rings. The lowest BCUT2D eigenvalue weighted by Gasteiger charge is -1.88. The summed E-state index contributed by atoms with van der Waals surface area (Å²) in [7, 11) is 0. The van der Waals surface area contributed by atoms with Crippen LogP contribution in [-0.2, 0) is 0 Å². The van der Waals surface area contributed by atoms with Crippen LogP contribution < -0.4 is 0 Å². The molecule has 0 radical (unpaired) electrons. The molecule has 0 aliphatic carbocycles. The number of rotatable bonds is 4. The van der Waals surface area contributed by atoms with Crippen molar-refractivity contribution < 1.29 is 0 Å². The molecule has 0 aromatic heterocycles. The molecule has 0 rings (SSSR count). The Labute approximate surface area is 84.6 Å². The first-order chi connectivity index (χ1) is 5.70. The first-order valence-corrected chi connectivity index (χ1v) is 4.89. The van der Waals surface area contributed by atoms with Crippen LogP contribution in [0.15, 0.2) is 35.5 Å². The maximum Gasteiger partial charge on any atom is 0.0433 e. The molecule has 0 atom stereocenters. The molecule has 0 unspecified atom stereocenters. The van der Waals surface area contributed by atoms with Crippen molar-refractivity contribution in [1.82, 2.24) is 0 Å². The summed E-state index contributed by atoms with van der Waals surface area (Å²) in [5.74, 6) is 1.17. The normalized spacial score (nSPS) is 14.3. The second-order valence-corrected chi connectivity index (χ2v) is 3.21. The van der Waals surface area contributed by atoms with Crippen molar-refractivity contribution in [2.75, 3.05) is 11.8 Å². The Morgan fingerprint density at radius 2 is 1.25 bits per heavy atom. The van der Waals surface area contributed by atoms with E-state index >= 15 is 0 Å². The fraction of sp³-hybridized carbons (Fsp3) is 0.400. The Kier molecular flexibility index (Phi) is 7.33. The van der Waals surface area contributed by atoms with Crippen LogP contribution in [0.2, 0.25) is 0 Å². The maximum atomic E-state index is 5.58. The molecule has 0 amide bonds. The van der Waals surface area contributed by atoms with Gasteiger partial charge in [0.1, 0.15) is 0 Å². The van der Waals surface area contributed by atoms with Crippen molar-refractivity contribution in [2.45, 2.75) is 13.8 Å². The Morgan fingerprint density at radius 1 is 0.917 bits per heavy atom. The Morgan fingerprint density at radius 3 is 1.50 bits per heavy atom. The largest absolute Gasteiger partial charge is 0.122 e. The first kappa shape index (κ1) is 11.8. The van der Waals surface area contributed by atoms with Crippen LogP contribution in [0.1, 0.15) is 13.8 Å². The van der Waals surface area contributed by atoms with Crippen molar-refractivity contribution in [2.24, 2.45) is 0 Å². The third-order valence-corrected chi connectivity index (χ3v) is 2.14. The molecule has 0 saturated heterocycles. The summed E-state index contributed by atoms with van der Waals surface area (Å²) < 4.78 is 0. The fourth-order valence-electron chi connectivity index (χ4n) is 0.529. The standard InChI is InChI=1S/C10H14Cl2/c1-9(7-11)5-3-4-6-10(2)8-12/h3-6H,7-8H2,1-2H3/b4-3+,9-5-,10-6+. The second kappa shape index (κ2) is 7.45. The zero-order chi connectivity index (χ0) is 9.40. The summed E-state index contributed by atoms with van der Waals surface area (Å²) in [6.45, 7) is 3.99. The topological polar surface area (TPSA) is 0 Å². The lowest BCUT2D eigenvalue weighted by atomic mass is 10.2. The van der Waals surface area contributed by atoms with Crippen LogP contribution in [0.4, 0.5) is 0 Å². The average molecular weight is 205 g/mol. The number of alkyl halides is 2. The average Bonchev–Trinajstić information content (AvgIpc) is 2.11. The van der Waals surface area contributed by atoms with E-state index in [2.05, 4.69) is 0 Å². The summed E-state index contributed by atoms with van der Waals surface area (Å²) in [5.41, 5.74) is 2.31. The van der Waals surface area contributed by atoms with Gasteiger partial charge in [-0.25, -0.2) is 0 Å². The predicted molar refractivity (Wildman–Crippen MR) is 58.1 cm³/mol. The van der Waals surface area contributed by atoms with Gasteiger partial charge in [0.2, 0.25) is 0 Å². The van der Waals surface area contributed by atoms with Gasteiger partial charge < -0.3 is 0 Å². The Balaban J connectivity index is 3.93. The van der Waals surface area contributed by atoms with Crippen LogP contribution in [0.25, 0.3) is 0 Å². The van der Waals surface area contributed by atoms with Gasteiger partial charge in [-0.15, -0.1) is 23.2 Å². The Bertz CT molecular complexity index is 178. The van der Waals surface area contributed by atoms with E-state index in [4.69, 9.17) is 23.2 Å². The van der Waals surface area contributed by atoms with Gasteiger partial charge in [-0.1, -0.05) is 35.5 Å². The first-order valence-electron chi connectivity index (χ1n) is 3.82. The minimum absolute atomic E-state index is 0.586. The lowest BCUT2D eigenvalue weighted by Crippen LogP contribution is -1.74. The minimum atomic E-state index is 0.586. The van der Waals surface area contributed by atoms with Gasteiger partial charge in [-0.3, -0.25) is 0 Å². The van der Waals surface area contributed by atoms with Crippen molar-refractivity contribution in [3.63, 3.8) is 0 Å². The van der Waals surface area contributed by atoms with Crippen molar-refractivity contribution >= 4 is 23.2 Å².